The van der Waals surface area contributed by atoms with Crippen LogP contribution in [0.25, 0.3) is 16.9 Å². The average Bonchev–Trinajstić information content (AvgIpc) is 3.40. The molecule has 1 atom stereocenters. The molecule has 4 rings (SSSR count). The van der Waals surface area contributed by atoms with Crippen LogP contribution in [0.1, 0.15) is 6.42 Å². The van der Waals surface area contributed by atoms with Crippen LogP contribution in [-0.2, 0) is 4.74 Å². The van der Waals surface area contributed by atoms with Gasteiger partial charge in [0.15, 0.2) is 11.5 Å². The molecule has 0 bridgehead atoms. The second-order valence-electron chi connectivity index (χ2n) is 6.30. The fourth-order valence-corrected chi connectivity index (χ4v) is 3.16. The summed E-state index contributed by atoms with van der Waals surface area (Å²) in [5.74, 6) is 2.24. The Bertz CT molecular complexity index is 899. The van der Waals surface area contributed by atoms with Crippen LogP contribution in [0.2, 0.25) is 0 Å². The molecule has 6 heteroatoms. The lowest BCUT2D eigenvalue weighted by atomic mass is 10.1. The van der Waals surface area contributed by atoms with E-state index in [1.807, 2.05) is 53.2 Å². The molecule has 0 radical (unpaired) electrons. The Morgan fingerprint density at radius 1 is 1.00 bits per heavy atom. The summed E-state index contributed by atoms with van der Waals surface area (Å²) in [6.45, 7) is 1.34. The van der Waals surface area contributed by atoms with Gasteiger partial charge in [0.2, 0.25) is 0 Å². The number of benzene rings is 2. The molecule has 0 spiro atoms. The minimum absolute atomic E-state index is 0.0562. The summed E-state index contributed by atoms with van der Waals surface area (Å²) >= 11 is 0. The maximum Gasteiger partial charge on any atom is 0.162 e. The molecule has 140 valence electrons. The zero-order chi connectivity index (χ0) is 18.6. The Hall–Kier alpha value is -2.99. The molecule has 1 fully saturated rings. The lowest BCUT2D eigenvalue weighted by Gasteiger charge is -2.16. The molecule has 1 aliphatic heterocycles. The van der Waals surface area contributed by atoms with E-state index < -0.39 is 0 Å². The summed E-state index contributed by atoms with van der Waals surface area (Å²) in [6.07, 6.45) is 2.73. The van der Waals surface area contributed by atoms with E-state index in [4.69, 9.17) is 18.9 Å². The van der Waals surface area contributed by atoms with Gasteiger partial charge in [-0.05, 0) is 48.5 Å². The third-order valence-corrected chi connectivity index (χ3v) is 4.60. The van der Waals surface area contributed by atoms with E-state index in [9.17, 15) is 0 Å². The summed E-state index contributed by atoms with van der Waals surface area (Å²) in [5.41, 5.74) is 2.92. The summed E-state index contributed by atoms with van der Waals surface area (Å²) in [5, 5.41) is 4.48. The SMILES string of the molecule is COc1ccc(-n2nccc2-c2ccc(OC)c(OC3CCOC3)c2)cc1. The molecule has 2 aromatic carbocycles. The maximum absolute atomic E-state index is 6.12. The second-order valence-corrected chi connectivity index (χ2v) is 6.30. The highest BCUT2D eigenvalue weighted by molar-refractivity contribution is 5.66. The summed E-state index contributed by atoms with van der Waals surface area (Å²) in [4.78, 5) is 0. The third kappa shape index (κ3) is 3.61. The van der Waals surface area contributed by atoms with Gasteiger partial charge in [-0.25, -0.2) is 4.68 Å². The van der Waals surface area contributed by atoms with Crippen LogP contribution < -0.4 is 14.2 Å². The van der Waals surface area contributed by atoms with E-state index in [1.165, 1.54) is 0 Å². The molecule has 1 aromatic heterocycles. The van der Waals surface area contributed by atoms with Gasteiger partial charge in [-0.15, -0.1) is 0 Å². The van der Waals surface area contributed by atoms with Gasteiger partial charge in [0, 0.05) is 12.0 Å². The molecule has 0 N–H and O–H groups in total. The predicted octanol–water partition coefficient (Wildman–Crippen LogP) is 3.72. The molecule has 1 unspecified atom stereocenters. The number of hydrogen-bond donors (Lipinski definition) is 0. The summed E-state index contributed by atoms with van der Waals surface area (Å²) < 4.78 is 24.1. The Balaban J connectivity index is 1.68. The van der Waals surface area contributed by atoms with Crippen LogP contribution >= 0.6 is 0 Å². The van der Waals surface area contributed by atoms with Crippen LogP contribution in [0.4, 0.5) is 0 Å². The smallest absolute Gasteiger partial charge is 0.162 e. The van der Waals surface area contributed by atoms with Gasteiger partial charge in [-0.1, -0.05) is 0 Å². The van der Waals surface area contributed by atoms with Crippen molar-refractivity contribution in [3.8, 4) is 34.2 Å². The van der Waals surface area contributed by atoms with E-state index in [0.29, 0.717) is 18.1 Å². The highest BCUT2D eigenvalue weighted by Gasteiger charge is 2.20. The van der Waals surface area contributed by atoms with Crippen LogP contribution in [-0.4, -0.2) is 43.3 Å². The van der Waals surface area contributed by atoms with Crippen LogP contribution in [0.15, 0.2) is 54.7 Å². The van der Waals surface area contributed by atoms with Crippen LogP contribution in [0.5, 0.6) is 17.2 Å². The first kappa shape index (κ1) is 17.4. The molecule has 6 nitrogen and oxygen atoms in total. The second kappa shape index (κ2) is 7.72. The molecule has 1 saturated heterocycles. The fraction of sp³-hybridized carbons (Fsp3) is 0.286. The Kier molecular flexibility index (Phi) is 4.98. The molecule has 1 aliphatic rings. The minimum Gasteiger partial charge on any atom is -0.497 e. The van der Waals surface area contributed by atoms with Crippen molar-refractivity contribution in [1.29, 1.82) is 0 Å². The Labute approximate surface area is 158 Å². The number of ether oxygens (including phenoxy) is 4. The highest BCUT2D eigenvalue weighted by Crippen LogP contribution is 2.34. The zero-order valence-electron chi connectivity index (χ0n) is 15.4. The van der Waals surface area contributed by atoms with Gasteiger partial charge in [0.05, 0.1) is 45.0 Å². The van der Waals surface area contributed by atoms with Crippen molar-refractivity contribution in [2.75, 3.05) is 27.4 Å². The van der Waals surface area contributed by atoms with Crippen molar-refractivity contribution >= 4 is 0 Å². The van der Waals surface area contributed by atoms with Crippen molar-refractivity contribution in [3.05, 3.63) is 54.7 Å². The quantitative estimate of drug-likeness (QED) is 0.665. The highest BCUT2D eigenvalue weighted by atomic mass is 16.6. The first-order chi connectivity index (χ1) is 13.3. The molecule has 0 amide bonds. The molecule has 0 aliphatic carbocycles. The first-order valence-electron chi connectivity index (χ1n) is 8.90. The molecule has 3 aromatic rings. The van der Waals surface area contributed by atoms with Crippen molar-refractivity contribution in [2.24, 2.45) is 0 Å². The molecular weight excluding hydrogens is 344 g/mol. The van der Waals surface area contributed by atoms with E-state index in [2.05, 4.69) is 5.10 Å². The number of rotatable bonds is 6. The third-order valence-electron chi connectivity index (χ3n) is 4.60. The van der Waals surface area contributed by atoms with E-state index in [0.717, 1.165) is 35.7 Å². The maximum atomic E-state index is 6.12. The molecular formula is C21H22N2O4. The van der Waals surface area contributed by atoms with Gasteiger partial charge in [-0.3, -0.25) is 0 Å². The van der Waals surface area contributed by atoms with Crippen molar-refractivity contribution < 1.29 is 18.9 Å². The van der Waals surface area contributed by atoms with Crippen molar-refractivity contribution in [1.82, 2.24) is 9.78 Å². The van der Waals surface area contributed by atoms with Crippen LogP contribution in [0, 0.1) is 0 Å². The van der Waals surface area contributed by atoms with E-state index >= 15 is 0 Å². The number of aromatic nitrogens is 2. The molecule has 0 saturated carbocycles. The number of hydrogen-bond acceptors (Lipinski definition) is 5. The van der Waals surface area contributed by atoms with Gasteiger partial charge >= 0.3 is 0 Å². The normalized spacial score (nSPS) is 16.3. The van der Waals surface area contributed by atoms with Gasteiger partial charge in [0.1, 0.15) is 11.9 Å². The monoisotopic (exact) mass is 366 g/mol. The summed E-state index contributed by atoms with van der Waals surface area (Å²) in [6, 6.07) is 15.7. The Morgan fingerprint density at radius 2 is 1.85 bits per heavy atom. The number of methoxy groups -OCH3 is 2. The predicted molar refractivity (Wildman–Crippen MR) is 102 cm³/mol. The lowest BCUT2D eigenvalue weighted by Crippen LogP contribution is -2.16. The largest absolute Gasteiger partial charge is 0.497 e. The van der Waals surface area contributed by atoms with Crippen molar-refractivity contribution in [3.63, 3.8) is 0 Å². The average molecular weight is 366 g/mol. The zero-order valence-corrected chi connectivity index (χ0v) is 15.4. The fourth-order valence-electron chi connectivity index (χ4n) is 3.16. The van der Waals surface area contributed by atoms with Crippen LogP contribution in [0.3, 0.4) is 0 Å². The summed E-state index contributed by atoms with van der Waals surface area (Å²) in [7, 11) is 3.30. The lowest BCUT2D eigenvalue weighted by molar-refractivity contribution is 0.138. The molecule has 27 heavy (non-hydrogen) atoms. The van der Waals surface area contributed by atoms with Gasteiger partial charge < -0.3 is 18.9 Å². The topological polar surface area (TPSA) is 54.7 Å². The Morgan fingerprint density at radius 3 is 2.56 bits per heavy atom. The van der Waals surface area contributed by atoms with Gasteiger partial charge in [-0.2, -0.15) is 5.10 Å². The molecule has 2 heterocycles. The van der Waals surface area contributed by atoms with E-state index in [1.54, 1.807) is 20.4 Å². The first-order valence-corrected chi connectivity index (χ1v) is 8.90. The number of nitrogens with zero attached hydrogens (tertiary/aromatic N) is 2. The van der Waals surface area contributed by atoms with Gasteiger partial charge in [0.25, 0.3) is 0 Å². The standard InChI is InChI=1S/C21H22N2O4/c1-24-17-6-4-16(5-7-17)23-19(9-11-22-23)15-3-8-20(25-2)21(13-15)27-18-10-12-26-14-18/h3-9,11,13,18H,10,12,14H2,1-2H3. The van der Waals surface area contributed by atoms with Crippen molar-refractivity contribution in [2.45, 2.75) is 12.5 Å². The van der Waals surface area contributed by atoms with E-state index in [-0.39, 0.29) is 6.10 Å². The minimum atomic E-state index is 0.0562.